The summed E-state index contributed by atoms with van der Waals surface area (Å²) in [5.74, 6) is -0.0490. The molecule has 11 heteroatoms. The monoisotopic (exact) mass is 485 g/mol. The Morgan fingerprint density at radius 3 is 2.82 bits per heavy atom. The van der Waals surface area contributed by atoms with E-state index < -0.39 is 11.4 Å². The molecule has 0 amide bonds. The largest absolute Gasteiger partial charge is 0.488 e. The SMILES string of the molecule is Cc1c(-c2cc(OCC(C)(O)c3ccc(F)cn3)c3c(Cl)cnn3c2)nnn1C1CCNCC1. The van der Waals surface area contributed by atoms with E-state index in [2.05, 4.69) is 25.7 Å². The van der Waals surface area contributed by atoms with Crippen molar-refractivity contribution in [1.29, 1.82) is 0 Å². The summed E-state index contributed by atoms with van der Waals surface area (Å²) < 4.78 is 22.9. The first-order valence-electron chi connectivity index (χ1n) is 11.1. The van der Waals surface area contributed by atoms with Gasteiger partial charge in [-0.05, 0) is 58.0 Å². The lowest BCUT2D eigenvalue weighted by Crippen LogP contribution is -2.30. The summed E-state index contributed by atoms with van der Waals surface area (Å²) in [6.07, 6.45) is 6.42. The molecule has 5 heterocycles. The van der Waals surface area contributed by atoms with Crippen LogP contribution in [0.2, 0.25) is 5.02 Å². The van der Waals surface area contributed by atoms with Gasteiger partial charge in [-0.25, -0.2) is 13.6 Å². The Kier molecular flexibility index (Phi) is 5.97. The molecule has 0 saturated carbocycles. The maximum absolute atomic E-state index is 13.3. The van der Waals surface area contributed by atoms with Crippen LogP contribution >= 0.6 is 11.6 Å². The van der Waals surface area contributed by atoms with E-state index in [0.717, 1.165) is 49.1 Å². The van der Waals surface area contributed by atoms with Gasteiger partial charge < -0.3 is 15.2 Å². The first kappa shape index (κ1) is 22.7. The molecule has 0 spiro atoms. The molecule has 4 aromatic rings. The molecule has 0 aliphatic carbocycles. The molecule has 1 saturated heterocycles. The quantitative estimate of drug-likeness (QED) is 0.432. The van der Waals surface area contributed by atoms with Gasteiger partial charge in [0.25, 0.3) is 0 Å². The lowest BCUT2D eigenvalue weighted by molar-refractivity contribution is 0.00420. The molecule has 1 atom stereocenters. The molecule has 34 heavy (non-hydrogen) atoms. The molecule has 178 valence electrons. The van der Waals surface area contributed by atoms with E-state index in [1.165, 1.54) is 18.3 Å². The standard InChI is InChI=1S/C23H25ClFN7O2/c1-14-21(29-30-32(14)17-5-7-26-8-6-17)15-9-19(22-18(24)11-28-31(22)12-15)34-13-23(2,33)20-4-3-16(25)10-27-20/h3-4,9-12,17,26,33H,5-8,13H2,1-2H3. The molecule has 0 radical (unpaired) electrons. The maximum Gasteiger partial charge on any atom is 0.147 e. The van der Waals surface area contributed by atoms with Gasteiger partial charge in [0, 0.05) is 11.8 Å². The number of pyridine rings is 2. The fourth-order valence-electron chi connectivity index (χ4n) is 4.28. The summed E-state index contributed by atoms with van der Waals surface area (Å²) in [6, 6.07) is 4.80. The molecule has 1 fully saturated rings. The average Bonchev–Trinajstić information content (AvgIpc) is 3.41. The van der Waals surface area contributed by atoms with Crippen LogP contribution in [0, 0.1) is 12.7 Å². The van der Waals surface area contributed by atoms with Crippen LogP contribution in [0.1, 0.15) is 37.2 Å². The summed E-state index contributed by atoms with van der Waals surface area (Å²) in [7, 11) is 0. The number of piperidine rings is 1. The van der Waals surface area contributed by atoms with Gasteiger partial charge in [0.05, 0.1) is 34.8 Å². The second-order valence-electron chi connectivity index (χ2n) is 8.75. The van der Waals surface area contributed by atoms with Crippen LogP contribution in [0.4, 0.5) is 4.39 Å². The van der Waals surface area contributed by atoms with Crippen molar-refractivity contribution in [3.8, 4) is 17.0 Å². The highest BCUT2D eigenvalue weighted by atomic mass is 35.5. The minimum atomic E-state index is -1.46. The Labute approximate surface area is 200 Å². The molecule has 1 aliphatic heterocycles. The Morgan fingerprint density at radius 2 is 2.09 bits per heavy atom. The highest BCUT2D eigenvalue weighted by Crippen LogP contribution is 2.34. The zero-order valence-corrected chi connectivity index (χ0v) is 19.6. The highest BCUT2D eigenvalue weighted by molar-refractivity contribution is 6.34. The summed E-state index contributed by atoms with van der Waals surface area (Å²) in [5, 5.41) is 27.9. The number of nitrogens with zero attached hydrogens (tertiary/aromatic N) is 6. The van der Waals surface area contributed by atoms with Gasteiger partial charge in [0.15, 0.2) is 0 Å². The maximum atomic E-state index is 13.3. The van der Waals surface area contributed by atoms with Crippen LogP contribution in [0.3, 0.4) is 0 Å². The van der Waals surface area contributed by atoms with Gasteiger partial charge in [-0.1, -0.05) is 16.8 Å². The van der Waals surface area contributed by atoms with Gasteiger partial charge in [-0.3, -0.25) is 4.98 Å². The summed E-state index contributed by atoms with van der Waals surface area (Å²) in [4.78, 5) is 3.98. The van der Waals surface area contributed by atoms with E-state index in [4.69, 9.17) is 16.3 Å². The fourth-order valence-corrected chi connectivity index (χ4v) is 4.50. The van der Waals surface area contributed by atoms with Crippen LogP contribution in [0.5, 0.6) is 5.75 Å². The Morgan fingerprint density at radius 1 is 1.29 bits per heavy atom. The zero-order chi connectivity index (χ0) is 23.9. The smallest absolute Gasteiger partial charge is 0.147 e. The topological polar surface area (TPSA) is 102 Å². The summed E-state index contributed by atoms with van der Waals surface area (Å²) >= 11 is 6.38. The third-order valence-electron chi connectivity index (χ3n) is 6.18. The van der Waals surface area contributed by atoms with Crippen molar-refractivity contribution in [3.05, 3.63) is 59.0 Å². The van der Waals surface area contributed by atoms with Gasteiger partial charge in [0.1, 0.15) is 35.0 Å². The average molecular weight is 486 g/mol. The van der Waals surface area contributed by atoms with E-state index >= 15 is 0 Å². The Balaban J connectivity index is 1.48. The van der Waals surface area contributed by atoms with Crippen LogP contribution in [-0.2, 0) is 5.60 Å². The molecule has 0 bridgehead atoms. The van der Waals surface area contributed by atoms with Crippen LogP contribution in [0.25, 0.3) is 16.8 Å². The molecule has 2 N–H and O–H groups in total. The Hall–Kier alpha value is -3.08. The number of hydrogen-bond acceptors (Lipinski definition) is 7. The number of fused-ring (bicyclic) bond motifs is 1. The van der Waals surface area contributed by atoms with Crippen molar-refractivity contribution in [3.63, 3.8) is 0 Å². The van der Waals surface area contributed by atoms with Crippen molar-refractivity contribution in [2.75, 3.05) is 19.7 Å². The van der Waals surface area contributed by atoms with E-state index in [0.29, 0.717) is 28.0 Å². The van der Waals surface area contributed by atoms with Crippen molar-refractivity contribution >= 4 is 17.1 Å². The number of aromatic nitrogens is 6. The third-order valence-corrected chi connectivity index (χ3v) is 6.45. The van der Waals surface area contributed by atoms with Crippen LogP contribution in [-0.4, -0.2) is 54.4 Å². The number of halogens is 2. The van der Waals surface area contributed by atoms with Crippen molar-refractivity contribution in [2.45, 2.75) is 38.3 Å². The second kappa shape index (κ2) is 8.94. The van der Waals surface area contributed by atoms with Gasteiger partial charge in [0.2, 0.25) is 0 Å². The molecule has 4 aromatic heterocycles. The first-order chi connectivity index (χ1) is 16.3. The van der Waals surface area contributed by atoms with E-state index in [1.54, 1.807) is 11.4 Å². The predicted molar refractivity (Wildman–Crippen MR) is 124 cm³/mol. The zero-order valence-electron chi connectivity index (χ0n) is 18.9. The molecular weight excluding hydrogens is 461 g/mol. The second-order valence-corrected chi connectivity index (χ2v) is 9.16. The van der Waals surface area contributed by atoms with Crippen molar-refractivity contribution in [1.82, 2.24) is 34.9 Å². The normalized spacial score (nSPS) is 16.6. The van der Waals surface area contributed by atoms with Gasteiger partial charge >= 0.3 is 0 Å². The Bertz CT molecular complexity index is 1310. The van der Waals surface area contributed by atoms with Crippen LogP contribution in [0.15, 0.2) is 36.8 Å². The highest BCUT2D eigenvalue weighted by Gasteiger charge is 2.27. The molecular formula is C23H25ClFN7O2. The van der Waals surface area contributed by atoms with Crippen molar-refractivity contribution < 1.29 is 14.2 Å². The first-order valence-corrected chi connectivity index (χ1v) is 11.5. The molecule has 5 rings (SSSR count). The summed E-state index contributed by atoms with van der Waals surface area (Å²) in [5.41, 5.74) is 1.85. The van der Waals surface area contributed by atoms with Gasteiger partial charge in [-0.2, -0.15) is 5.10 Å². The molecule has 1 unspecified atom stereocenters. The number of rotatable bonds is 6. The minimum Gasteiger partial charge on any atom is -0.488 e. The molecule has 9 nitrogen and oxygen atoms in total. The van der Waals surface area contributed by atoms with Gasteiger partial charge in [-0.15, -0.1) is 5.10 Å². The van der Waals surface area contributed by atoms with Crippen molar-refractivity contribution in [2.24, 2.45) is 0 Å². The number of hydrogen-bond donors (Lipinski definition) is 2. The third kappa shape index (κ3) is 4.24. The molecule has 1 aliphatic rings. The number of nitrogens with one attached hydrogen (secondary N) is 1. The summed E-state index contributed by atoms with van der Waals surface area (Å²) in [6.45, 7) is 5.34. The lowest BCUT2D eigenvalue weighted by Gasteiger charge is -2.24. The predicted octanol–water partition coefficient (Wildman–Crippen LogP) is 3.30. The number of aliphatic hydroxyl groups is 1. The number of ether oxygens (including phenoxy) is 1. The van der Waals surface area contributed by atoms with E-state index in [1.807, 2.05) is 23.9 Å². The van der Waals surface area contributed by atoms with Crippen LogP contribution < -0.4 is 10.1 Å². The van der Waals surface area contributed by atoms with E-state index in [9.17, 15) is 9.50 Å². The molecule has 0 aromatic carbocycles. The fraction of sp³-hybridized carbons (Fsp3) is 0.391. The minimum absolute atomic E-state index is 0.132. The lowest BCUT2D eigenvalue weighted by atomic mass is 10.0. The van der Waals surface area contributed by atoms with E-state index in [-0.39, 0.29) is 6.61 Å².